The number of carbonyl (C=O) groups is 2. The van der Waals surface area contributed by atoms with Crippen LogP contribution >= 0.6 is 11.3 Å². The Bertz CT molecular complexity index is 789. The van der Waals surface area contributed by atoms with E-state index in [4.69, 9.17) is 9.47 Å². The van der Waals surface area contributed by atoms with Gasteiger partial charge in [-0.1, -0.05) is 11.3 Å². The standard InChI is InChI=1S/C17H22N4O4S/c1-5-24-14(22)7-6-12-8-20-21(11-12)15-18-9-13(26-15)10-19-16(23)25-17(2,3)4/h6-9,11H,5,10H2,1-4H3,(H,19,23)/b7-6+. The molecule has 1 N–H and O–H groups in total. The van der Waals surface area contributed by atoms with Crippen molar-refractivity contribution in [2.24, 2.45) is 0 Å². The molecule has 0 aliphatic rings. The number of rotatable bonds is 6. The zero-order chi connectivity index (χ0) is 19.2. The molecule has 0 fully saturated rings. The highest BCUT2D eigenvalue weighted by Crippen LogP contribution is 2.18. The Labute approximate surface area is 155 Å². The van der Waals surface area contributed by atoms with E-state index in [-0.39, 0.29) is 0 Å². The van der Waals surface area contributed by atoms with Crippen LogP contribution in [0.1, 0.15) is 38.1 Å². The molecule has 0 spiro atoms. The summed E-state index contributed by atoms with van der Waals surface area (Å²) in [4.78, 5) is 28.1. The third-order valence-electron chi connectivity index (χ3n) is 2.84. The number of aromatic nitrogens is 3. The molecule has 26 heavy (non-hydrogen) atoms. The third kappa shape index (κ3) is 6.32. The number of nitrogens with zero attached hydrogens (tertiary/aromatic N) is 3. The lowest BCUT2D eigenvalue weighted by molar-refractivity contribution is -0.137. The Kier molecular flexibility index (Phi) is 6.51. The Morgan fingerprint density at radius 3 is 2.81 bits per heavy atom. The molecule has 2 rings (SSSR count). The zero-order valence-corrected chi connectivity index (χ0v) is 16.0. The third-order valence-corrected chi connectivity index (χ3v) is 3.83. The highest BCUT2D eigenvalue weighted by atomic mass is 32.1. The minimum atomic E-state index is -0.536. The smallest absolute Gasteiger partial charge is 0.407 e. The van der Waals surface area contributed by atoms with Crippen LogP contribution in [0.5, 0.6) is 0 Å². The molecule has 2 aromatic heterocycles. The van der Waals surface area contributed by atoms with Crippen LogP contribution in [0.25, 0.3) is 11.2 Å². The van der Waals surface area contributed by atoms with Gasteiger partial charge in [0.25, 0.3) is 0 Å². The number of alkyl carbamates (subject to hydrolysis) is 1. The van der Waals surface area contributed by atoms with Crippen molar-refractivity contribution in [2.45, 2.75) is 39.8 Å². The van der Waals surface area contributed by atoms with Crippen molar-refractivity contribution in [1.29, 1.82) is 0 Å². The van der Waals surface area contributed by atoms with Gasteiger partial charge < -0.3 is 14.8 Å². The molecule has 0 atom stereocenters. The van der Waals surface area contributed by atoms with Gasteiger partial charge in [-0.2, -0.15) is 5.10 Å². The van der Waals surface area contributed by atoms with Crippen LogP contribution in [0, 0.1) is 0 Å². The number of ether oxygens (including phenoxy) is 2. The van der Waals surface area contributed by atoms with E-state index >= 15 is 0 Å². The molecule has 0 aliphatic carbocycles. The number of hydrogen-bond donors (Lipinski definition) is 1. The molecule has 8 nitrogen and oxygen atoms in total. The molecule has 0 unspecified atom stereocenters. The largest absolute Gasteiger partial charge is 0.463 e. The van der Waals surface area contributed by atoms with E-state index in [1.54, 1.807) is 36.3 Å². The van der Waals surface area contributed by atoms with E-state index in [1.165, 1.54) is 17.4 Å². The Morgan fingerprint density at radius 2 is 2.12 bits per heavy atom. The first-order valence-electron chi connectivity index (χ1n) is 8.08. The van der Waals surface area contributed by atoms with E-state index in [9.17, 15) is 9.59 Å². The van der Waals surface area contributed by atoms with E-state index in [2.05, 4.69) is 15.4 Å². The molecule has 2 heterocycles. The minimum Gasteiger partial charge on any atom is -0.463 e. The van der Waals surface area contributed by atoms with Crippen LogP contribution in [-0.2, 0) is 20.8 Å². The molecule has 0 aromatic carbocycles. The van der Waals surface area contributed by atoms with Crippen LogP contribution in [0.15, 0.2) is 24.7 Å². The van der Waals surface area contributed by atoms with E-state index in [0.29, 0.717) is 18.3 Å². The summed E-state index contributed by atoms with van der Waals surface area (Å²) < 4.78 is 11.6. The number of hydrogen-bond acceptors (Lipinski definition) is 7. The summed E-state index contributed by atoms with van der Waals surface area (Å²) in [5, 5.41) is 7.56. The van der Waals surface area contributed by atoms with Gasteiger partial charge in [0.05, 0.1) is 19.3 Å². The van der Waals surface area contributed by atoms with Crippen molar-refractivity contribution in [3.63, 3.8) is 0 Å². The second kappa shape index (κ2) is 8.61. The maximum atomic E-state index is 11.7. The van der Waals surface area contributed by atoms with Crippen molar-refractivity contribution in [2.75, 3.05) is 6.61 Å². The van der Waals surface area contributed by atoms with Crippen molar-refractivity contribution in [1.82, 2.24) is 20.1 Å². The predicted octanol–water partition coefficient (Wildman–Crippen LogP) is 2.93. The number of thiazole rings is 1. The Morgan fingerprint density at radius 1 is 1.35 bits per heavy atom. The molecule has 1 amide bonds. The summed E-state index contributed by atoms with van der Waals surface area (Å²) in [6.45, 7) is 7.84. The summed E-state index contributed by atoms with van der Waals surface area (Å²) in [6, 6.07) is 0. The van der Waals surface area contributed by atoms with Gasteiger partial charge >= 0.3 is 12.1 Å². The summed E-state index contributed by atoms with van der Waals surface area (Å²) >= 11 is 1.40. The van der Waals surface area contributed by atoms with Gasteiger partial charge in [0.15, 0.2) is 0 Å². The van der Waals surface area contributed by atoms with Crippen LogP contribution < -0.4 is 5.32 Å². The van der Waals surface area contributed by atoms with E-state index in [1.807, 2.05) is 20.8 Å². The molecule has 2 aromatic rings. The average molecular weight is 378 g/mol. The predicted molar refractivity (Wildman–Crippen MR) is 98.0 cm³/mol. The summed E-state index contributed by atoms with van der Waals surface area (Å²) in [6.07, 6.45) is 7.55. The molecular formula is C17H22N4O4S. The van der Waals surface area contributed by atoms with Crippen LogP contribution in [0.2, 0.25) is 0 Å². The fraction of sp³-hybridized carbons (Fsp3) is 0.412. The quantitative estimate of drug-likeness (QED) is 0.613. The molecule has 0 aliphatic heterocycles. The lowest BCUT2D eigenvalue weighted by atomic mass is 10.2. The number of carbonyl (C=O) groups excluding carboxylic acids is 2. The second-order valence-corrected chi connectivity index (χ2v) is 7.36. The molecule has 0 bridgehead atoms. The van der Waals surface area contributed by atoms with Gasteiger partial charge in [-0.05, 0) is 33.8 Å². The first-order valence-corrected chi connectivity index (χ1v) is 8.90. The number of esters is 1. The monoisotopic (exact) mass is 378 g/mol. The maximum Gasteiger partial charge on any atom is 0.407 e. The highest BCUT2D eigenvalue weighted by molar-refractivity contribution is 7.14. The molecule has 0 radical (unpaired) electrons. The molecule has 0 saturated carbocycles. The lowest BCUT2D eigenvalue weighted by Gasteiger charge is -2.19. The summed E-state index contributed by atoms with van der Waals surface area (Å²) in [5.74, 6) is -0.398. The molecular weight excluding hydrogens is 356 g/mol. The fourth-order valence-corrected chi connectivity index (χ4v) is 2.62. The van der Waals surface area contributed by atoms with Crippen LogP contribution in [0.4, 0.5) is 4.79 Å². The van der Waals surface area contributed by atoms with Crippen molar-refractivity contribution >= 4 is 29.5 Å². The van der Waals surface area contributed by atoms with Crippen molar-refractivity contribution < 1.29 is 19.1 Å². The maximum absolute atomic E-state index is 11.7. The topological polar surface area (TPSA) is 95.3 Å². The first-order chi connectivity index (χ1) is 12.3. The Hall–Kier alpha value is -2.68. The number of nitrogens with one attached hydrogen (secondary N) is 1. The van der Waals surface area contributed by atoms with Gasteiger partial charge in [0.2, 0.25) is 5.13 Å². The van der Waals surface area contributed by atoms with Crippen LogP contribution in [-0.4, -0.2) is 39.0 Å². The van der Waals surface area contributed by atoms with E-state index < -0.39 is 17.7 Å². The molecule has 0 saturated heterocycles. The number of amides is 1. The average Bonchev–Trinajstić information content (AvgIpc) is 3.19. The molecule has 9 heteroatoms. The van der Waals surface area contributed by atoms with Gasteiger partial charge in [-0.3, -0.25) is 0 Å². The lowest BCUT2D eigenvalue weighted by Crippen LogP contribution is -2.31. The second-order valence-electron chi connectivity index (χ2n) is 6.27. The summed E-state index contributed by atoms with van der Waals surface area (Å²) in [7, 11) is 0. The van der Waals surface area contributed by atoms with Gasteiger partial charge in [-0.15, -0.1) is 0 Å². The summed E-state index contributed by atoms with van der Waals surface area (Å²) in [5.41, 5.74) is 0.215. The van der Waals surface area contributed by atoms with E-state index in [0.717, 1.165) is 10.4 Å². The zero-order valence-electron chi connectivity index (χ0n) is 15.2. The Balaban J connectivity index is 1.93. The van der Waals surface area contributed by atoms with Crippen LogP contribution in [0.3, 0.4) is 0 Å². The first kappa shape index (κ1) is 19.6. The highest BCUT2D eigenvalue weighted by Gasteiger charge is 2.16. The van der Waals surface area contributed by atoms with Crippen molar-refractivity contribution in [3.8, 4) is 5.13 Å². The fourth-order valence-electron chi connectivity index (χ4n) is 1.84. The molecule has 140 valence electrons. The van der Waals surface area contributed by atoms with Gasteiger partial charge in [0, 0.05) is 28.9 Å². The van der Waals surface area contributed by atoms with Crippen molar-refractivity contribution in [3.05, 3.63) is 35.1 Å². The SMILES string of the molecule is CCOC(=O)/C=C/c1cnn(-c2ncc(CNC(=O)OC(C)(C)C)s2)c1. The normalized spacial score (nSPS) is 11.5. The van der Waals surface area contributed by atoms with Gasteiger partial charge in [-0.25, -0.2) is 19.3 Å². The van der Waals surface area contributed by atoms with Gasteiger partial charge in [0.1, 0.15) is 5.60 Å². The minimum absolute atomic E-state index is 0.323.